The van der Waals surface area contributed by atoms with Gasteiger partial charge >= 0.3 is 0 Å². The van der Waals surface area contributed by atoms with Crippen molar-refractivity contribution in [2.75, 3.05) is 19.5 Å². The van der Waals surface area contributed by atoms with Gasteiger partial charge in [-0.3, -0.25) is 0 Å². The molecule has 0 aliphatic heterocycles. The van der Waals surface area contributed by atoms with Crippen LogP contribution in [0.15, 0.2) is 27.8 Å². The molecule has 1 heterocycles. The fraction of sp³-hybridized carbons (Fsp3) is 0.385. The van der Waals surface area contributed by atoms with E-state index in [4.69, 9.17) is 9.15 Å². The van der Waals surface area contributed by atoms with Gasteiger partial charge in [0.2, 0.25) is 5.89 Å². The van der Waals surface area contributed by atoms with Crippen molar-refractivity contribution < 1.29 is 9.15 Å². The summed E-state index contributed by atoms with van der Waals surface area (Å²) in [5.41, 5.74) is 3.44. The molecule has 0 bridgehead atoms. The summed E-state index contributed by atoms with van der Waals surface area (Å²) in [7, 11) is 1.68. The Kier molecular flexibility index (Phi) is 4.38. The van der Waals surface area contributed by atoms with Crippen LogP contribution >= 0.6 is 11.8 Å². The number of hydrogen-bond donors (Lipinski definition) is 0. The lowest BCUT2D eigenvalue weighted by atomic mass is 10.1. The van der Waals surface area contributed by atoms with Crippen molar-refractivity contribution in [3.8, 4) is 11.5 Å². The lowest BCUT2D eigenvalue weighted by molar-refractivity contribution is 0.218. The van der Waals surface area contributed by atoms with Crippen molar-refractivity contribution in [1.29, 1.82) is 0 Å². The maximum Gasteiger partial charge on any atom is 0.276 e. The van der Waals surface area contributed by atoms with E-state index in [2.05, 4.69) is 36.2 Å². The molecule has 0 saturated heterocycles. The summed E-state index contributed by atoms with van der Waals surface area (Å²) in [6.07, 6.45) is 0. The molecule has 5 heteroatoms. The molecule has 0 radical (unpaired) electrons. The van der Waals surface area contributed by atoms with Gasteiger partial charge in [0.15, 0.2) is 0 Å². The molecular weight excluding hydrogens is 248 g/mol. The average Bonchev–Trinajstić information content (AvgIpc) is 2.82. The Morgan fingerprint density at radius 2 is 2.06 bits per heavy atom. The number of aryl methyl sites for hydroxylation is 2. The second kappa shape index (κ2) is 6.02. The predicted molar refractivity (Wildman–Crippen MR) is 71.8 cm³/mol. The Balaban J connectivity index is 2.11. The van der Waals surface area contributed by atoms with E-state index >= 15 is 0 Å². The molecule has 96 valence electrons. The summed E-state index contributed by atoms with van der Waals surface area (Å²) in [5.74, 6) is 1.38. The Bertz CT molecular complexity index is 525. The molecule has 2 rings (SSSR count). The van der Waals surface area contributed by atoms with E-state index in [9.17, 15) is 0 Å². The Hall–Kier alpha value is -1.33. The van der Waals surface area contributed by atoms with Crippen LogP contribution in [-0.2, 0) is 4.74 Å². The minimum Gasteiger partial charge on any atom is -0.411 e. The highest BCUT2D eigenvalue weighted by Crippen LogP contribution is 2.24. The minimum atomic E-state index is 0.568. The zero-order chi connectivity index (χ0) is 13.0. The zero-order valence-electron chi connectivity index (χ0n) is 10.8. The molecule has 0 unspecified atom stereocenters. The number of nitrogens with zero attached hydrogens (tertiary/aromatic N) is 2. The van der Waals surface area contributed by atoms with Gasteiger partial charge in [-0.15, -0.1) is 10.2 Å². The van der Waals surface area contributed by atoms with Crippen molar-refractivity contribution in [2.45, 2.75) is 19.1 Å². The molecule has 2 aromatic rings. The van der Waals surface area contributed by atoms with E-state index in [1.807, 2.05) is 6.07 Å². The number of rotatable bonds is 5. The van der Waals surface area contributed by atoms with Gasteiger partial charge < -0.3 is 9.15 Å². The third-order valence-electron chi connectivity index (χ3n) is 2.67. The summed E-state index contributed by atoms with van der Waals surface area (Å²) < 4.78 is 10.6. The van der Waals surface area contributed by atoms with Crippen molar-refractivity contribution >= 4 is 11.8 Å². The number of ether oxygens (including phenoxy) is 1. The van der Waals surface area contributed by atoms with Gasteiger partial charge in [-0.05, 0) is 37.1 Å². The zero-order valence-corrected chi connectivity index (χ0v) is 11.6. The largest absolute Gasteiger partial charge is 0.411 e. The number of hydrogen-bond acceptors (Lipinski definition) is 5. The fourth-order valence-electron chi connectivity index (χ4n) is 1.47. The maximum atomic E-state index is 5.60. The fourth-order valence-corrected chi connectivity index (χ4v) is 2.13. The highest BCUT2D eigenvalue weighted by molar-refractivity contribution is 7.99. The summed E-state index contributed by atoms with van der Waals surface area (Å²) in [6, 6.07) is 6.12. The van der Waals surface area contributed by atoms with E-state index in [1.165, 1.54) is 22.9 Å². The van der Waals surface area contributed by atoms with E-state index in [0.29, 0.717) is 17.7 Å². The van der Waals surface area contributed by atoms with Crippen LogP contribution in [0.1, 0.15) is 11.1 Å². The van der Waals surface area contributed by atoms with E-state index in [-0.39, 0.29) is 0 Å². The molecule has 0 atom stereocenters. The molecule has 0 fully saturated rings. The predicted octanol–water partition coefficient (Wildman–Crippen LogP) is 3.09. The first-order valence-electron chi connectivity index (χ1n) is 5.73. The van der Waals surface area contributed by atoms with Gasteiger partial charge in [-0.1, -0.05) is 17.8 Å². The quantitative estimate of drug-likeness (QED) is 0.613. The highest BCUT2D eigenvalue weighted by Gasteiger charge is 2.09. The van der Waals surface area contributed by atoms with E-state index in [0.717, 1.165) is 11.3 Å². The molecule has 4 nitrogen and oxygen atoms in total. The summed E-state index contributed by atoms with van der Waals surface area (Å²) in [5, 5.41) is 8.65. The number of benzene rings is 1. The van der Waals surface area contributed by atoms with Crippen LogP contribution < -0.4 is 0 Å². The first-order chi connectivity index (χ1) is 8.70. The normalized spacial score (nSPS) is 10.8. The molecule has 18 heavy (non-hydrogen) atoms. The number of aromatic nitrogens is 2. The van der Waals surface area contributed by atoms with Gasteiger partial charge in [-0.2, -0.15) is 0 Å². The van der Waals surface area contributed by atoms with E-state index in [1.54, 1.807) is 7.11 Å². The number of thioether (sulfide) groups is 1. The minimum absolute atomic E-state index is 0.568. The molecule has 0 N–H and O–H groups in total. The van der Waals surface area contributed by atoms with Crippen LogP contribution in [0.2, 0.25) is 0 Å². The molecule has 0 spiro atoms. The van der Waals surface area contributed by atoms with Crippen LogP contribution in [0.3, 0.4) is 0 Å². The summed E-state index contributed by atoms with van der Waals surface area (Å²) in [6.45, 7) is 4.83. The van der Waals surface area contributed by atoms with Crippen LogP contribution in [0, 0.1) is 13.8 Å². The van der Waals surface area contributed by atoms with Crippen LogP contribution in [0.25, 0.3) is 11.5 Å². The Labute approximate surface area is 111 Å². The standard InChI is InChI=1S/C13H16N2O2S/c1-9-4-5-11(8-10(9)2)12-14-15-13(17-12)18-7-6-16-3/h4-5,8H,6-7H2,1-3H3. The van der Waals surface area contributed by atoms with Crippen LogP contribution in [0.5, 0.6) is 0 Å². The van der Waals surface area contributed by atoms with Crippen molar-refractivity contribution in [2.24, 2.45) is 0 Å². The molecule has 1 aromatic heterocycles. The first kappa shape index (κ1) is 13.1. The third kappa shape index (κ3) is 3.11. The summed E-state index contributed by atoms with van der Waals surface area (Å²) in [4.78, 5) is 0. The third-order valence-corrected chi connectivity index (χ3v) is 3.46. The molecule has 0 saturated carbocycles. The van der Waals surface area contributed by atoms with Gasteiger partial charge in [-0.25, -0.2) is 0 Å². The smallest absolute Gasteiger partial charge is 0.276 e. The van der Waals surface area contributed by atoms with E-state index < -0.39 is 0 Å². The summed E-state index contributed by atoms with van der Waals surface area (Å²) >= 11 is 1.50. The number of methoxy groups -OCH3 is 1. The second-order valence-corrected chi connectivity index (χ2v) is 5.06. The average molecular weight is 264 g/mol. The van der Waals surface area contributed by atoms with Crippen molar-refractivity contribution in [3.05, 3.63) is 29.3 Å². The van der Waals surface area contributed by atoms with Gasteiger partial charge in [0, 0.05) is 18.4 Å². The lowest BCUT2D eigenvalue weighted by Gasteiger charge is -2.00. The van der Waals surface area contributed by atoms with Crippen LogP contribution in [-0.4, -0.2) is 29.7 Å². The van der Waals surface area contributed by atoms with Crippen molar-refractivity contribution in [3.63, 3.8) is 0 Å². The van der Waals surface area contributed by atoms with Gasteiger partial charge in [0.25, 0.3) is 5.22 Å². The molecular formula is C13H16N2O2S. The molecule has 0 aliphatic rings. The SMILES string of the molecule is COCCSc1nnc(-c2ccc(C)c(C)c2)o1. The second-order valence-electron chi connectivity index (χ2n) is 4.01. The van der Waals surface area contributed by atoms with Crippen LogP contribution in [0.4, 0.5) is 0 Å². The topological polar surface area (TPSA) is 48.2 Å². The Morgan fingerprint density at radius 3 is 2.78 bits per heavy atom. The Morgan fingerprint density at radius 1 is 1.22 bits per heavy atom. The maximum absolute atomic E-state index is 5.60. The van der Waals surface area contributed by atoms with Gasteiger partial charge in [0.05, 0.1) is 6.61 Å². The van der Waals surface area contributed by atoms with Gasteiger partial charge in [0.1, 0.15) is 0 Å². The molecule has 0 aliphatic carbocycles. The lowest BCUT2D eigenvalue weighted by Crippen LogP contribution is -1.90. The first-order valence-corrected chi connectivity index (χ1v) is 6.72. The monoisotopic (exact) mass is 264 g/mol. The molecule has 0 amide bonds. The molecule has 1 aromatic carbocycles. The highest BCUT2D eigenvalue weighted by atomic mass is 32.2. The van der Waals surface area contributed by atoms with Crippen molar-refractivity contribution in [1.82, 2.24) is 10.2 Å².